The Morgan fingerprint density at radius 2 is 1.86 bits per heavy atom. The normalized spacial score (nSPS) is 23.6. The zero-order valence-corrected chi connectivity index (χ0v) is 13.3. The van der Waals surface area contributed by atoms with Crippen LogP contribution in [0, 0.1) is 11.8 Å². The maximum absolute atomic E-state index is 12.3. The Labute approximate surface area is 128 Å². The van der Waals surface area contributed by atoms with Crippen LogP contribution >= 0.6 is 0 Å². The molecule has 21 heavy (non-hydrogen) atoms. The van der Waals surface area contributed by atoms with Gasteiger partial charge in [0.25, 0.3) is 0 Å². The third kappa shape index (κ3) is 4.31. The van der Waals surface area contributed by atoms with Gasteiger partial charge in [0.1, 0.15) is 0 Å². The molecule has 1 aliphatic carbocycles. The number of hydrogen-bond acceptors (Lipinski definition) is 2. The number of hydrogen-bond donors (Lipinski definition) is 2. The van der Waals surface area contributed by atoms with Crippen LogP contribution in [0.15, 0.2) is 24.3 Å². The Hall–Kier alpha value is -1.35. The second-order valence-electron chi connectivity index (χ2n) is 6.37. The number of nitrogens with one attached hydrogen (secondary N) is 1. The van der Waals surface area contributed by atoms with Gasteiger partial charge in [0.15, 0.2) is 0 Å². The summed E-state index contributed by atoms with van der Waals surface area (Å²) in [5.41, 5.74) is 7.94. The maximum atomic E-state index is 12.3. The van der Waals surface area contributed by atoms with Crippen LogP contribution in [0.4, 0.5) is 5.69 Å². The molecule has 0 spiro atoms. The topological polar surface area (TPSA) is 55.1 Å². The minimum absolute atomic E-state index is 0.155. The van der Waals surface area contributed by atoms with Crippen LogP contribution in [-0.4, -0.2) is 12.5 Å². The van der Waals surface area contributed by atoms with Gasteiger partial charge in [-0.2, -0.15) is 0 Å². The highest BCUT2D eigenvalue weighted by Crippen LogP contribution is 2.29. The van der Waals surface area contributed by atoms with Crippen molar-refractivity contribution in [3.05, 3.63) is 29.8 Å². The highest BCUT2D eigenvalue weighted by atomic mass is 16.1. The fraction of sp³-hybridized carbons (Fsp3) is 0.611. The molecular weight excluding hydrogens is 260 g/mol. The number of amides is 1. The van der Waals surface area contributed by atoms with Crippen LogP contribution in [0.3, 0.4) is 0 Å². The van der Waals surface area contributed by atoms with Crippen LogP contribution in [0.5, 0.6) is 0 Å². The molecule has 2 rings (SSSR count). The molecule has 1 unspecified atom stereocenters. The molecule has 1 atom stereocenters. The van der Waals surface area contributed by atoms with Crippen molar-refractivity contribution in [3.8, 4) is 0 Å². The second-order valence-corrected chi connectivity index (χ2v) is 6.37. The Balaban J connectivity index is 1.88. The van der Waals surface area contributed by atoms with Gasteiger partial charge >= 0.3 is 0 Å². The van der Waals surface area contributed by atoms with Gasteiger partial charge in [-0.25, -0.2) is 0 Å². The molecule has 3 heteroatoms. The zero-order valence-electron chi connectivity index (χ0n) is 13.3. The van der Waals surface area contributed by atoms with E-state index in [1.807, 2.05) is 12.1 Å². The molecule has 1 amide bonds. The van der Waals surface area contributed by atoms with E-state index in [4.69, 9.17) is 5.73 Å². The van der Waals surface area contributed by atoms with E-state index < -0.39 is 0 Å². The summed E-state index contributed by atoms with van der Waals surface area (Å²) >= 11 is 0. The molecule has 3 nitrogen and oxygen atoms in total. The molecule has 1 aromatic carbocycles. The third-order valence-corrected chi connectivity index (χ3v) is 4.91. The maximum Gasteiger partial charge on any atom is 0.227 e. The average Bonchev–Trinajstić information content (AvgIpc) is 2.55. The van der Waals surface area contributed by atoms with E-state index in [-0.39, 0.29) is 11.8 Å². The van der Waals surface area contributed by atoms with Crippen LogP contribution in [-0.2, 0) is 4.79 Å². The fourth-order valence-electron chi connectivity index (χ4n) is 3.04. The van der Waals surface area contributed by atoms with E-state index in [0.717, 1.165) is 44.3 Å². The van der Waals surface area contributed by atoms with Crippen LogP contribution in [0.1, 0.15) is 57.4 Å². The summed E-state index contributed by atoms with van der Waals surface area (Å²) in [6.45, 7) is 5.17. The number of benzene rings is 1. The first-order valence-electron chi connectivity index (χ1n) is 8.25. The minimum Gasteiger partial charge on any atom is -0.330 e. The number of carbonyl (C=O) groups is 1. The lowest BCUT2D eigenvalue weighted by atomic mass is 9.81. The van der Waals surface area contributed by atoms with Crippen molar-refractivity contribution in [2.75, 3.05) is 11.9 Å². The highest BCUT2D eigenvalue weighted by Gasteiger charge is 2.25. The van der Waals surface area contributed by atoms with Crippen molar-refractivity contribution in [1.29, 1.82) is 0 Å². The van der Waals surface area contributed by atoms with Crippen LogP contribution < -0.4 is 11.1 Å². The summed E-state index contributed by atoms with van der Waals surface area (Å²) in [7, 11) is 0. The molecule has 1 saturated carbocycles. The van der Waals surface area contributed by atoms with Gasteiger partial charge in [0.05, 0.1) is 0 Å². The molecule has 1 aromatic rings. The molecule has 0 bridgehead atoms. The fourth-order valence-corrected chi connectivity index (χ4v) is 3.04. The van der Waals surface area contributed by atoms with Gasteiger partial charge in [0.2, 0.25) is 5.91 Å². The second kappa shape index (κ2) is 7.60. The standard InChI is InChI=1S/C18H28N2O/c1-3-13(2)15-8-10-17(11-9-15)20-18(21)16-6-4-14(12-19)5-7-16/h8-11,13-14,16H,3-7,12,19H2,1-2H3,(H,20,21). The lowest BCUT2D eigenvalue weighted by Gasteiger charge is -2.26. The van der Waals surface area contributed by atoms with Crippen LogP contribution in [0.25, 0.3) is 0 Å². The molecule has 0 aliphatic heterocycles. The van der Waals surface area contributed by atoms with E-state index in [1.165, 1.54) is 5.56 Å². The van der Waals surface area contributed by atoms with Crippen molar-refractivity contribution >= 4 is 11.6 Å². The van der Waals surface area contributed by atoms with Gasteiger partial charge < -0.3 is 11.1 Å². The Bertz CT molecular complexity index is 447. The highest BCUT2D eigenvalue weighted by molar-refractivity contribution is 5.92. The summed E-state index contributed by atoms with van der Waals surface area (Å²) in [6, 6.07) is 8.28. The SMILES string of the molecule is CCC(C)c1ccc(NC(=O)C2CCC(CN)CC2)cc1. The smallest absolute Gasteiger partial charge is 0.227 e. The van der Waals surface area contributed by atoms with E-state index in [0.29, 0.717) is 11.8 Å². The van der Waals surface area contributed by atoms with Gasteiger partial charge in [0, 0.05) is 11.6 Å². The Morgan fingerprint density at radius 3 is 2.38 bits per heavy atom. The summed E-state index contributed by atoms with van der Waals surface area (Å²) < 4.78 is 0. The number of carbonyl (C=O) groups excluding carboxylic acids is 1. The van der Waals surface area contributed by atoms with E-state index >= 15 is 0 Å². The van der Waals surface area contributed by atoms with Gasteiger partial charge in [-0.1, -0.05) is 26.0 Å². The first-order chi connectivity index (χ1) is 10.1. The van der Waals surface area contributed by atoms with E-state index in [1.54, 1.807) is 0 Å². The molecule has 0 heterocycles. The Kier molecular flexibility index (Phi) is 5.80. The van der Waals surface area contributed by atoms with Crippen molar-refractivity contribution in [1.82, 2.24) is 0 Å². The molecule has 1 aliphatic rings. The molecule has 0 radical (unpaired) electrons. The molecule has 0 saturated heterocycles. The van der Waals surface area contributed by atoms with Gasteiger partial charge in [-0.05, 0) is 68.2 Å². The predicted octanol–water partition coefficient (Wildman–Crippen LogP) is 3.90. The lowest BCUT2D eigenvalue weighted by Crippen LogP contribution is -2.29. The summed E-state index contributed by atoms with van der Waals surface area (Å²) in [6.07, 6.45) is 5.25. The lowest BCUT2D eigenvalue weighted by molar-refractivity contribution is -0.121. The zero-order chi connectivity index (χ0) is 15.2. The molecule has 3 N–H and O–H groups in total. The number of nitrogens with two attached hydrogens (primary N) is 1. The summed E-state index contributed by atoms with van der Waals surface area (Å²) in [5.74, 6) is 1.51. The quantitative estimate of drug-likeness (QED) is 0.863. The van der Waals surface area contributed by atoms with Crippen molar-refractivity contribution in [2.24, 2.45) is 17.6 Å². The monoisotopic (exact) mass is 288 g/mol. The molecule has 116 valence electrons. The first-order valence-corrected chi connectivity index (χ1v) is 8.25. The first kappa shape index (κ1) is 16.0. The summed E-state index contributed by atoms with van der Waals surface area (Å²) in [5, 5.41) is 3.06. The molecule has 0 aromatic heterocycles. The van der Waals surface area contributed by atoms with Crippen LogP contribution in [0.2, 0.25) is 0 Å². The Morgan fingerprint density at radius 1 is 1.24 bits per heavy atom. The molecular formula is C18H28N2O. The number of rotatable bonds is 5. The third-order valence-electron chi connectivity index (χ3n) is 4.91. The molecule has 1 fully saturated rings. The number of anilines is 1. The largest absolute Gasteiger partial charge is 0.330 e. The summed E-state index contributed by atoms with van der Waals surface area (Å²) in [4.78, 5) is 12.3. The van der Waals surface area contributed by atoms with Crippen molar-refractivity contribution in [3.63, 3.8) is 0 Å². The van der Waals surface area contributed by atoms with Crippen molar-refractivity contribution < 1.29 is 4.79 Å². The van der Waals surface area contributed by atoms with Gasteiger partial charge in [-0.3, -0.25) is 4.79 Å². The van der Waals surface area contributed by atoms with E-state index in [2.05, 4.69) is 31.3 Å². The van der Waals surface area contributed by atoms with E-state index in [9.17, 15) is 4.79 Å². The minimum atomic E-state index is 0.155. The van der Waals surface area contributed by atoms with Crippen molar-refractivity contribution in [2.45, 2.75) is 51.9 Å². The average molecular weight is 288 g/mol. The van der Waals surface area contributed by atoms with Gasteiger partial charge in [-0.15, -0.1) is 0 Å². The predicted molar refractivity (Wildman–Crippen MR) is 88.3 cm³/mol.